The molecule has 0 heterocycles. The van der Waals surface area contributed by atoms with Gasteiger partial charge in [-0.2, -0.15) is 0 Å². The standard InChI is InChI=1S/C12H25N/c1-3-10(4-2)12-8-6-5-7-11(12)9-13/h10-12H,3-9,13H2,1-2H3. The monoisotopic (exact) mass is 183 g/mol. The van der Waals surface area contributed by atoms with Crippen LogP contribution in [0.25, 0.3) is 0 Å². The zero-order valence-corrected chi connectivity index (χ0v) is 9.26. The second kappa shape index (κ2) is 5.64. The van der Waals surface area contributed by atoms with E-state index >= 15 is 0 Å². The Morgan fingerprint density at radius 1 is 1.15 bits per heavy atom. The van der Waals surface area contributed by atoms with Crippen molar-refractivity contribution in [3.05, 3.63) is 0 Å². The van der Waals surface area contributed by atoms with Crippen molar-refractivity contribution in [1.82, 2.24) is 0 Å². The van der Waals surface area contributed by atoms with Crippen LogP contribution < -0.4 is 5.73 Å². The summed E-state index contributed by atoms with van der Waals surface area (Å²) in [7, 11) is 0. The smallest absolute Gasteiger partial charge is 0.00461 e. The first-order valence-corrected chi connectivity index (χ1v) is 6.03. The van der Waals surface area contributed by atoms with Gasteiger partial charge in [-0.05, 0) is 37.1 Å². The highest BCUT2D eigenvalue weighted by atomic mass is 14.6. The normalized spacial score (nSPS) is 29.5. The number of hydrogen-bond donors (Lipinski definition) is 1. The van der Waals surface area contributed by atoms with E-state index in [0.29, 0.717) is 0 Å². The number of nitrogens with two attached hydrogens (primary N) is 1. The third-order valence-corrected chi connectivity index (χ3v) is 3.92. The Morgan fingerprint density at radius 3 is 2.31 bits per heavy atom. The van der Waals surface area contributed by atoms with Crippen LogP contribution in [0.15, 0.2) is 0 Å². The van der Waals surface area contributed by atoms with Gasteiger partial charge in [0.15, 0.2) is 0 Å². The van der Waals surface area contributed by atoms with Gasteiger partial charge in [0.1, 0.15) is 0 Å². The lowest BCUT2D eigenvalue weighted by Crippen LogP contribution is -2.31. The molecule has 2 N–H and O–H groups in total. The molecule has 0 spiro atoms. The van der Waals surface area contributed by atoms with Crippen LogP contribution in [0.5, 0.6) is 0 Å². The molecular formula is C12H25N. The van der Waals surface area contributed by atoms with E-state index in [1.54, 1.807) is 0 Å². The lowest BCUT2D eigenvalue weighted by atomic mass is 9.71. The van der Waals surface area contributed by atoms with Crippen molar-refractivity contribution >= 4 is 0 Å². The van der Waals surface area contributed by atoms with Crippen LogP contribution in [0.1, 0.15) is 52.4 Å². The van der Waals surface area contributed by atoms with Crippen molar-refractivity contribution in [2.45, 2.75) is 52.4 Å². The van der Waals surface area contributed by atoms with Crippen LogP contribution in [0.3, 0.4) is 0 Å². The van der Waals surface area contributed by atoms with Crippen LogP contribution in [0.2, 0.25) is 0 Å². The second-order valence-electron chi connectivity index (χ2n) is 4.52. The van der Waals surface area contributed by atoms with Crippen molar-refractivity contribution in [3.63, 3.8) is 0 Å². The Kier molecular flexibility index (Phi) is 4.79. The predicted molar refractivity (Wildman–Crippen MR) is 58.6 cm³/mol. The molecule has 2 atom stereocenters. The maximum absolute atomic E-state index is 5.84. The van der Waals surface area contributed by atoms with E-state index in [1.807, 2.05) is 0 Å². The van der Waals surface area contributed by atoms with Crippen molar-refractivity contribution < 1.29 is 0 Å². The minimum absolute atomic E-state index is 0.832. The summed E-state index contributed by atoms with van der Waals surface area (Å²) in [5.74, 6) is 2.71. The molecule has 2 unspecified atom stereocenters. The number of rotatable bonds is 4. The van der Waals surface area contributed by atoms with Crippen LogP contribution >= 0.6 is 0 Å². The molecule has 0 bridgehead atoms. The Hall–Kier alpha value is -0.0400. The van der Waals surface area contributed by atoms with Crippen molar-refractivity contribution in [2.75, 3.05) is 6.54 Å². The minimum atomic E-state index is 0.832. The van der Waals surface area contributed by atoms with Gasteiger partial charge in [0.05, 0.1) is 0 Å². The highest BCUT2D eigenvalue weighted by molar-refractivity contribution is 4.80. The van der Waals surface area contributed by atoms with Gasteiger partial charge in [-0.25, -0.2) is 0 Å². The third kappa shape index (κ3) is 2.70. The summed E-state index contributed by atoms with van der Waals surface area (Å²) in [6, 6.07) is 0. The van der Waals surface area contributed by atoms with Gasteiger partial charge in [0, 0.05) is 0 Å². The summed E-state index contributed by atoms with van der Waals surface area (Å²) < 4.78 is 0. The van der Waals surface area contributed by atoms with Gasteiger partial charge in [-0.15, -0.1) is 0 Å². The van der Waals surface area contributed by atoms with E-state index in [1.165, 1.54) is 38.5 Å². The molecule has 0 aliphatic heterocycles. The fourth-order valence-corrected chi connectivity index (χ4v) is 3.04. The lowest BCUT2D eigenvalue weighted by molar-refractivity contribution is 0.157. The van der Waals surface area contributed by atoms with E-state index in [2.05, 4.69) is 13.8 Å². The molecule has 0 aromatic rings. The maximum atomic E-state index is 5.84. The topological polar surface area (TPSA) is 26.0 Å². The van der Waals surface area contributed by atoms with Crippen LogP contribution in [-0.2, 0) is 0 Å². The largest absolute Gasteiger partial charge is 0.330 e. The van der Waals surface area contributed by atoms with Crippen molar-refractivity contribution in [2.24, 2.45) is 23.5 Å². The predicted octanol–water partition coefficient (Wildman–Crippen LogP) is 3.19. The van der Waals surface area contributed by atoms with Gasteiger partial charge in [0.2, 0.25) is 0 Å². The maximum Gasteiger partial charge on any atom is -0.00461 e. The average molecular weight is 183 g/mol. The lowest BCUT2D eigenvalue weighted by Gasteiger charge is -2.36. The van der Waals surface area contributed by atoms with Gasteiger partial charge in [-0.3, -0.25) is 0 Å². The van der Waals surface area contributed by atoms with E-state index < -0.39 is 0 Å². The van der Waals surface area contributed by atoms with Gasteiger partial charge < -0.3 is 5.73 Å². The highest BCUT2D eigenvalue weighted by Crippen LogP contribution is 2.37. The van der Waals surface area contributed by atoms with E-state index in [-0.39, 0.29) is 0 Å². The zero-order chi connectivity index (χ0) is 9.68. The first kappa shape index (κ1) is 11.0. The summed E-state index contributed by atoms with van der Waals surface area (Å²) >= 11 is 0. The molecule has 1 rings (SSSR count). The SMILES string of the molecule is CCC(CC)C1CCCCC1CN. The first-order valence-electron chi connectivity index (χ1n) is 6.03. The molecule has 0 aromatic heterocycles. The molecule has 1 saturated carbocycles. The number of hydrogen-bond acceptors (Lipinski definition) is 1. The fraction of sp³-hybridized carbons (Fsp3) is 1.00. The summed E-state index contributed by atoms with van der Waals surface area (Å²) in [6.45, 7) is 5.58. The zero-order valence-electron chi connectivity index (χ0n) is 9.26. The Balaban J connectivity index is 2.51. The van der Waals surface area contributed by atoms with Crippen LogP contribution in [-0.4, -0.2) is 6.54 Å². The van der Waals surface area contributed by atoms with Gasteiger partial charge in [-0.1, -0.05) is 39.5 Å². The molecule has 78 valence electrons. The Morgan fingerprint density at radius 2 is 1.77 bits per heavy atom. The summed E-state index contributed by atoms with van der Waals surface area (Å²) in [6.07, 6.45) is 8.37. The van der Waals surface area contributed by atoms with Crippen LogP contribution in [0, 0.1) is 17.8 Å². The minimum Gasteiger partial charge on any atom is -0.330 e. The summed E-state index contributed by atoms with van der Waals surface area (Å²) in [5.41, 5.74) is 5.84. The second-order valence-corrected chi connectivity index (χ2v) is 4.52. The van der Waals surface area contributed by atoms with E-state index in [4.69, 9.17) is 5.73 Å². The molecule has 0 aromatic carbocycles. The molecule has 0 amide bonds. The summed E-state index contributed by atoms with van der Waals surface area (Å²) in [4.78, 5) is 0. The molecular weight excluding hydrogens is 158 g/mol. The molecule has 1 fully saturated rings. The molecule has 13 heavy (non-hydrogen) atoms. The Bertz CT molecular complexity index is 122. The Labute approximate surface area is 83.1 Å². The molecule has 1 nitrogen and oxygen atoms in total. The van der Waals surface area contributed by atoms with Crippen LogP contribution in [0.4, 0.5) is 0 Å². The molecule has 1 heteroatoms. The quantitative estimate of drug-likeness (QED) is 0.711. The van der Waals surface area contributed by atoms with Crippen molar-refractivity contribution in [1.29, 1.82) is 0 Å². The van der Waals surface area contributed by atoms with E-state index in [9.17, 15) is 0 Å². The van der Waals surface area contributed by atoms with E-state index in [0.717, 1.165) is 24.3 Å². The fourth-order valence-electron chi connectivity index (χ4n) is 3.04. The molecule has 0 saturated heterocycles. The van der Waals surface area contributed by atoms with Crippen molar-refractivity contribution in [3.8, 4) is 0 Å². The molecule has 1 aliphatic rings. The van der Waals surface area contributed by atoms with Gasteiger partial charge in [0.25, 0.3) is 0 Å². The highest BCUT2D eigenvalue weighted by Gasteiger charge is 2.28. The van der Waals surface area contributed by atoms with Gasteiger partial charge >= 0.3 is 0 Å². The third-order valence-electron chi connectivity index (χ3n) is 3.92. The summed E-state index contributed by atoms with van der Waals surface area (Å²) in [5, 5.41) is 0. The molecule has 1 aliphatic carbocycles. The first-order chi connectivity index (χ1) is 6.33. The average Bonchev–Trinajstić information content (AvgIpc) is 2.20. The molecule has 0 radical (unpaired) electrons.